The first-order valence-corrected chi connectivity index (χ1v) is 12.6. The predicted molar refractivity (Wildman–Crippen MR) is 132 cm³/mol. The Kier molecular flexibility index (Phi) is 4.81. The normalized spacial score (nSPS) is 27.3. The molecule has 0 radical (unpaired) electrons. The van der Waals surface area contributed by atoms with Gasteiger partial charge in [0.25, 0.3) is 0 Å². The number of halogens is 3. The first-order chi connectivity index (χ1) is 17.5. The Bertz CT molecular complexity index is 1460. The molecule has 0 spiro atoms. The van der Waals surface area contributed by atoms with Crippen molar-refractivity contribution in [1.29, 1.82) is 0 Å². The minimum atomic E-state index is -0.766. The highest BCUT2D eigenvalue weighted by Crippen LogP contribution is 2.63. The van der Waals surface area contributed by atoms with Gasteiger partial charge < -0.3 is 9.80 Å². The van der Waals surface area contributed by atoms with E-state index < -0.39 is 17.5 Å². The molecule has 2 aliphatic carbocycles. The number of aromatic nitrogens is 3. The van der Waals surface area contributed by atoms with Gasteiger partial charge in [-0.25, -0.2) is 22.7 Å². The summed E-state index contributed by atoms with van der Waals surface area (Å²) in [5, 5.41) is 4.50. The molecule has 36 heavy (non-hydrogen) atoms. The van der Waals surface area contributed by atoms with Crippen molar-refractivity contribution in [3.05, 3.63) is 89.4 Å². The van der Waals surface area contributed by atoms with Crippen molar-refractivity contribution in [2.75, 3.05) is 24.5 Å². The van der Waals surface area contributed by atoms with Gasteiger partial charge >= 0.3 is 0 Å². The molecule has 1 saturated carbocycles. The van der Waals surface area contributed by atoms with Gasteiger partial charge in [0.2, 0.25) is 0 Å². The maximum absolute atomic E-state index is 14.8. The highest BCUT2D eigenvalue weighted by atomic mass is 19.1. The quantitative estimate of drug-likeness (QED) is 0.492. The van der Waals surface area contributed by atoms with E-state index in [0.29, 0.717) is 24.4 Å². The minimum absolute atomic E-state index is 0.294. The molecule has 2 saturated heterocycles. The summed E-state index contributed by atoms with van der Waals surface area (Å²) in [5.41, 5.74) is 3.56. The maximum Gasteiger partial charge on any atom is 0.165 e. The number of alkyl halides is 1. The summed E-state index contributed by atoms with van der Waals surface area (Å²) in [6.07, 6.45) is 14.3. The van der Waals surface area contributed by atoms with Crippen molar-refractivity contribution >= 4 is 17.0 Å². The van der Waals surface area contributed by atoms with Crippen LogP contribution in [0.5, 0.6) is 0 Å². The lowest BCUT2D eigenvalue weighted by atomic mass is 10.0. The van der Waals surface area contributed by atoms with Gasteiger partial charge in [0.15, 0.2) is 5.65 Å². The lowest BCUT2D eigenvalue weighted by Crippen LogP contribution is -2.34. The second-order valence-electron chi connectivity index (χ2n) is 10.2. The van der Waals surface area contributed by atoms with Crippen molar-refractivity contribution in [3.8, 4) is 0 Å². The fourth-order valence-electron chi connectivity index (χ4n) is 6.31. The fraction of sp³-hybridized carbons (Fsp3) is 0.357. The van der Waals surface area contributed by atoms with E-state index >= 15 is 0 Å². The molecule has 184 valence electrons. The first kappa shape index (κ1) is 21.7. The molecule has 2 aromatic heterocycles. The van der Waals surface area contributed by atoms with Gasteiger partial charge in [-0.2, -0.15) is 5.10 Å². The van der Waals surface area contributed by atoms with Crippen LogP contribution in [0.25, 0.3) is 11.2 Å². The third-order valence-electron chi connectivity index (χ3n) is 8.19. The molecule has 4 heterocycles. The number of benzene rings is 1. The number of piperidine rings is 1. The van der Waals surface area contributed by atoms with Crippen molar-refractivity contribution in [1.82, 2.24) is 19.5 Å². The van der Waals surface area contributed by atoms with Gasteiger partial charge in [-0.15, -0.1) is 0 Å². The highest BCUT2D eigenvalue weighted by molar-refractivity contribution is 5.83. The number of likely N-dealkylation sites (tertiary alicyclic amines) is 1. The van der Waals surface area contributed by atoms with Crippen molar-refractivity contribution in [3.63, 3.8) is 0 Å². The van der Waals surface area contributed by atoms with Crippen LogP contribution in [0.2, 0.25) is 0 Å². The molecule has 1 aromatic carbocycles. The van der Waals surface area contributed by atoms with Gasteiger partial charge in [-0.3, -0.25) is 0 Å². The van der Waals surface area contributed by atoms with Crippen LogP contribution in [0.3, 0.4) is 0 Å². The second kappa shape index (κ2) is 7.98. The third-order valence-corrected chi connectivity index (χ3v) is 8.19. The number of rotatable bonds is 4. The Labute approximate surface area is 207 Å². The maximum atomic E-state index is 14.8. The van der Waals surface area contributed by atoms with E-state index in [-0.39, 0.29) is 5.82 Å². The molecule has 0 bridgehead atoms. The van der Waals surface area contributed by atoms with Gasteiger partial charge in [0.05, 0.1) is 11.7 Å². The zero-order valence-corrected chi connectivity index (χ0v) is 19.7. The van der Waals surface area contributed by atoms with E-state index in [1.54, 1.807) is 4.52 Å². The number of nitrogens with zero attached hydrogens (tertiary/aromatic N) is 5. The first-order valence-electron chi connectivity index (χ1n) is 12.6. The van der Waals surface area contributed by atoms with Crippen LogP contribution < -0.4 is 4.90 Å². The number of fused-ring (bicyclic) bond motifs is 2. The van der Waals surface area contributed by atoms with Crippen LogP contribution in [0.4, 0.5) is 19.0 Å². The van der Waals surface area contributed by atoms with E-state index in [1.807, 2.05) is 30.6 Å². The average Bonchev–Trinajstić information content (AvgIpc) is 3.10. The third kappa shape index (κ3) is 3.30. The zero-order chi connectivity index (χ0) is 24.4. The second-order valence-corrected chi connectivity index (χ2v) is 10.2. The lowest BCUT2D eigenvalue weighted by molar-refractivity contribution is 0.327. The molecule has 8 heteroatoms. The molecule has 4 aliphatic rings. The summed E-state index contributed by atoms with van der Waals surface area (Å²) in [4.78, 5) is 9.22. The van der Waals surface area contributed by atoms with Crippen LogP contribution in [0.15, 0.2) is 66.7 Å². The van der Waals surface area contributed by atoms with Crippen molar-refractivity contribution in [2.24, 2.45) is 5.92 Å². The van der Waals surface area contributed by atoms with Crippen LogP contribution in [-0.2, 0) is 5.54 Å². The van der Waals surface area contributed by atoms with Crippen LogP contribution in [0.1, 0.15) is 36.8 Å². The molecule has 3 fully saturated rings. The molecule has 2 aliphatic heterocycles. The van der Waals surface area contributed by atoms with E-state index in [9.17, 15) is 13.2 Å². The largest absolute Gasteiger partial charge is 0.369 e. The summed E-state index contributed by atoms with van der Waals surface area (Å²) in [6, 6.07) is 5.64. The minimum Gasteiger partial charge on any atom is -0.369 e. The lowest BCUT2D eigenvalue weighted by Gasteiger charge is -2.30. The number of anilines is 1. The van der Waals surface area contributed by atoms with E-state index in [2.05, 4.69) is 27.1 Å². The molecule has 3 aromatic rings. The SMILES string of the molecule is Fc1ccc(F)c([C@@]23C[C@@H]2CCN3c2ccn3ncc(C4=CCC=C(N5CC[C@H](F)C5)C=C4)c3n2)c1. The van der Waals surface area contributed by atoms with Crippen molar-refractivity contribution < 1.29 is 13.2 Å². The van der Waals surface area contributed by atoms with Gasteiger partial charge in [-0.1, -0.05) is 18.2 Å². The van der Waals surface area contributed by atoms with E-state index in [4.69, 9.17) is 4.98 Å². The summed E-state index contributed by atoms with van der Waals surface area (Å²) < 4.78 is 44.4. The topological polar surface area (TPSA) is 36.7 Å². The van der Waals surface area contributed by atoms with Crippen LogP contribution in [0, 0.1) is 17.6 Å². The highest BCUT2D eigenvalue weighted by Gasteiger charge is 2.64. The Balaban J connectivity index is 1.22. The van der Waals surface area contributed by atoms with Crippen LogP contribution in [-0.4, -0.2) is 45.3 Å². The molecule has 7 rings (SSSR count). The smallest absolute Gasteiger partial charge is 0.165 e. The summed E-state index contributed by atoms with van der Waals surface area (Å²) in [5.74, 6) is 0.250. The molecule has 3 atom stereocenters. The molecule has 0 unspecified atom stereocenters. The Morgan fingerprint density at radius 2 is 1.94 bits per heavy atom. The molecular formula is C28H26F3N5. The molecule has 0 amide bonds. The van der Waals surface area contributed by atoms with Gasteiger partial charge in [0, 0.05) is 42.7 Å². The Hall–Kier alpha value is -3.55. The fourth-order valence-corrected chi connectivity index (χ4v) is 6.31. The number of allylic oxidation sites excluding steroid dienone is 5. The van der Waals surface area contributed by atoms with E-state index in [0.717, 1.165) is 60.7 Å². The van der Waals surface area contributed by atoms with E-state index in [1.165, 1.54) is 18.2 Å². The standard InChI is InChI=1S/C28H26F3N5/c29-20-5-7-25(31)24(14-20)28-15-19(28)8-12-35(28)26-10-13-36-27(33-26)23(16-32-36)18-2-1-3-22(6-4-18)34-11-9-21(30)17-34/h2-7,10,13-14,16,19,21H,1,8-9,11-12,15,17H2/t19-,21-,28+/m0/s1. The Morgan fingerprint density at radius 3 is 2.78 bits per heavy atom. The van der Waals surface area contributed by atoms with Crippen LogP contribution >= 0.6 is 0 Å². The summed E-state index contributed by atoms with van der Waals surface area (Å²) in [7, 11) is 0. The zero-order valence-electron chi connectivity index (χ0n) is 19.7. The molecule has 0 N–H and O–H groups in total. The summed E-state index contributed by atoms with van der Waals surface area (Å²) >= 11 is 0. The monoisotopic (exact) mass is 489 g/mol. The number of hydrogen-bond acceptors (Lipinski definition) is 4. The Morgan fingerprint density at radius 1 is 1.03 bits per heavy atom. The van der Waals surface area contributed by atoms with Crippen molar-refractivity contribution in [2.45, 2.75) is 37.4 Å². The average molecular weight is 490 g/mol. The molecule has 5 nitrogen and oxygen atoms in total. The predicted octanol–water partition coefficient (Wildman–Crippen LogP) is 5.40. The van der Waals surface area contributed by atoms with Gasteiger partial charge in [-0.05, 0) is 67.5 Å². The molecular weight excluding hydrogens is 463 g/mol. The number of hydrogen-bond donors (Lipinski definition) is 0. The summed E-state index contributed by atoms with van der Waals surface area (Å²) in [6.45, 7) is 1.92. The van der Waals surface area contributed by atoms with Gasteiger partial charge in [0.1, 0.15) is 23.6 Å².